The van der Waals surface area contributed by atoms with Crippen LogP contribution in [0.5, 0.6) is 0 Å². The first kappa shape index (κ1) is 23.5. The highest BCUT2D eigenvalue weighted by atomic mass is 35.5. The van der Waals surface area contributed by atoms with Gasteiger partial charge in [-0.25, -0.2) is 0 Å². The average Bonchev–Trinajstić information content (AvgIpc) is 2.81. The monoisotopic (exact) mass is 443 g/mol. The smallest absolute Gasteiger partial charge is 0.344 e. The summed E-state index contributed by atoms with van der Waals surface area (Å²) in [5.41, 5.74) is 1.82. The van der Waals surface area contributed by atoms with Gasteiger partial charge in [-0.1, -0.05) is 11.6 Å². The molecular weight excluding hydrogens is 423 g/mol. The Morgan fingerprint density at radius 1 is 1.10 bits per heavy atom. The number of alkyl halides is 3. The minimum Gasteiger partial charge on any atom is -0.344 e. The quantitative estimate of drug-likeness (QED) is 0.539. The molecule has 0 unspecified atom stereocenters. The SMILES string of the molecule is Cc1cc(Cl)cc(NC(=O)c2c(C)c(C(=O)C(=O)N[C@H](C)C(F)(F)F)n(C)c2C)c1. The van der Waals surface area contributed by atoms with Gasteiger partial charge < -0.3 is 15.2 Å². The summed E-state index contributed by atoms with van der Waals surface area (Å²) in [7, 11) is 1.45. The van der Waals surface area contributed by atoms with Crippen molar-refractivity contribution in [2.45, 2.75) is 39.9 Å². The number of benzene rings is 1. The summed E-state index contributed by atoms with van der Waals surface area (Å²) in [5.74, 6) is -3.10. The lowest BCUT2D eigenvalue weighted by molar-refractivity contribution is -0.156. The van der Waals surface area contributed by atoms with Crippen molar-refractivity contribution in [3.05, 3.63) is 51.3 Å². The van der Waals surface area contributed by atoms with Crippen molar-refractivity contribution >= 4 is 34.9 Å². The Morgan fingerprint density at radius 2 is 1.70 bits per heavy atom. The van der Waals surface area contributed by atoms with Crippen LogP contribution < -0.4 is 10.6 Å². The van der Waals surface area contributed by atoms with Gasteiger partial charge in [0.25, 0.3) is 17.6 Å². The molecule has 1 heterocycles. The summed E-state index contributed by atoms with van der Waals surface area (Å²) in [6, 6.07) is 2.78. The highest BCUT2D eigenvalue weighted by Gasteiger charge is 2.39. The molecule has 30 heavy (non-hydrogen) atoms. The Balaban J connectivity index is 2.35. The van der Waals surface area contributed by atoms with E-state index in [0.717, 1.165) is 12.5 Å². The molecule has 2 rings (SSSR count). The number of rotatable bonds is 5. The second-order valence-electron chi connectivity index (χ2n) is 7.03. The Bertz CT molecular complexity index is 1010. The zero-order valence-electron chi connectivity index (χ0n) is 17.0. The molecule has 2 N–H and O–H groups in total. The number of aromatic nitrogens is 1. The van der Waals surface area contributed by atoms with E-state index >= 15 is 0 Å². The van der Waals surface area contributed by atoms with Gasteiger partial charge in [-0.3, -0.25) is 14.4 Å². The minimum absolute atomic E-state index is 0.148. The Labute approximate surface area is 176 Å². The normalized spacial score (nSPS) is 12.4. The van der Waals surface area contributed by atoms with Gasteiger partial charge in [0.05, 0.1) is 11.3 Å². The minimum atomic E-state index is -4.69. The largest absolute Gasteiger partial charge is 0.408 e. The van der Waals surface area contributed by atoms with Crippen LogP contribution in [0.25, 0.3) is 0 Å². The fraction of sp³-hybridized carbons (Fsp3) is 0.350. The maximum atomic E-state index is 12.8. The molecule has 0 bridgehead atoms. The van der Waals surface area contributed by atoms with E-state index in [9.17, 15) is 27.6 Å². The van der Waals surface area contributed by atoms with E-state index in [1.54, 1.807) is 37.4 Å². The summed E-state index contributed by atoms with van der Waals surface area (Å²) in [4.78, 5) is 37.4. The second kappa shape index (κ2) is 8.51. The molecule has 0 aliphatic carbocycles. The molecule has 6 nitrogen and oxygen atoms in total. The van der Waals surface area contributed by atoms with Crippen LogP contribution in [0.3, 0.4) is 0 Å². The van der Waals surface area contributed by atoms with E-state index in [2.05, 4.69) is 5.32 Å². The van der Waals surface area contributed by atoms with E-state index in [-0.39, 0.29) is 16.8 Å². The maximum absolute atomic E-state index is 12.8. The number of carbonyl (C=O) groups excluding carboxylic acids is 3. The summed E-state index contributed by atoms with van der Waals surface area (Å²) in [6.45, 7) is 5.56. The second-order valence-corrected chi connectivity index (χ2v) is 7.47. The molecule has 1 aromatic carbocycles. The third-order valence-electron chi connectivity index (χ3n) is 4.72. The highest BCUT2D eigenvalue weighted by molar-refractivity contribution is 6.43. The van der Waals surface area contributed by atoms with Crippen molar-refractivity contribution in [2.24, 2.45) is 7.05 Å². The topological polar surface area (TPSA) is 80.2 Å². The number of Topliss-reactive ketones (excluding diaryl/α,β-unsaturated/α-hetero) is 1. The van der Waals surface area contributed by atoms with Crippen molar-refractivity contribution in [2.75, 3.05) is 5.32 Å². The lowest BCUT2D eigenvalue weighted by Gasteiger charge is -2.16. The van der Waals surface area contributed by atoms with E-state index in [4.69, 9.17) is 11.6 Å². The molecule has 2 amide bonds. The van der Waals surface area contributed by atoms with Crippen LogP contribution in [0.1, 0.15) is 44.6 Å². The number of nitrogens with zero attached hydrogens (tertiary/aromatic N) is 1. The van der Waals surface area contributed by atoms with Crippen molar-refractivity contribution in [1.82, 2.24) is 9.88 Å². The summed E-state index contributed by atoms with van der Waals surface area (Å²) < 4.78 is 39.3. The molecule has 0 radical (unpaired) electrons. The van der Waals surface area contributed by atoms with Gasteiger partial charge in [0.1, 0.15) is 6.04 Å². The van der Waals surface area contributed by atoms with E-state index in [0.29, 0.717) is 16.4 Å². The van der Waals surface area contributed by atoms with Crippen LogP contribution in [0, 0.1) is 20.8 Å². The fourth-order valence-electron chi connectivity index (χ4n) is 3.09. The molecule has 0 saturated carbocycles. The van der Waals surface area contributed by atoms with Gasteiger partial charge in [-0.05, 0) is 57.0 Å². The molecule has 162 valence electrons. The molecule has 2 aromatic rings. The van der Waals surface area contributed by atoms with Gasteiger partial charge in [0, 0.05) is 23.5 Å². The molecule has 0 aliphatic heterocycles. The van der Waals surface area contributed by atoms with Crippen LogP contribution in [-0.2, 0) is 11.8 Å². The van der Waals surface area contributed by atoms with E-state index in [1.165, 1.54) is 18.5 Å². The van der Waals surface area contributed by atoms with Gasteiger partial charge in [-0.15, -0.1) is 0 Å². The molecule has 0 spiro atoms. The molecule has 0 fully saturated rings. The van der Waals surface area contributed by atoms with Gasteiger partial charge in [0.15, 0.2) is 0 Å². The van der Waals surface area contributed by atoms with E-state index in [1.807, 2.05) is 0 Å². The predicted molar refractivity (Wildman–Crippen MR) is 107 cm³/mol. The van der Waals surface area contributed by atoms with Crippen LogP contribution in [0.2, 0.25) is 5.02 Å². The first-order chi connectivity index (χ1) is 13.7. The van der Waals surface area contributed by atoms with E-state index < -0.39 is 29.8 Å². The summed E-state index contributed by atoms with van der Waals surface area (Å²) in [5, 5.41) is 4.75. The molecule has 0 saturated heterocycles. The lowest BCUT2D eigenvalue weighted by atomic mass is 10.1. The number of nitrogens with one attached hydrogen (secondary N) is 2. The number of halogens is 4. The van der Waals surface area contributed by atoms with Crippen molar-refractivity contribution in [1.29, 1.82) is 0 Å². The molecule has 1 atom stereocenters. The van der Waals surface area contributed by atoms with Crippen LogP contribution in [-0.4, -0.2) is 34.4 Å². The number of carbonyl (C=O) groups is 3. The Morgan fingerprint density at radius 3 is 2.23 bits per heavy atom. The highest BCUT2D eigenvalue weighted by Crippen LogP contribution is 2.25. The summed E-state index contributed by atoms with van der Waals surface area (Å²) >= 11 is 6.00. The molecule has 0 aliphatic rings. The van der Waals surface area contributed by atoms with Gasteiger partial charge in [0.2, 0.25) is 0 Å². The number of amides is 2. The Hall–Kier alpha value is -2.81. The third-order valence-corrected chi connectivity index (χ3v) is 4.94. The van der Waals surface area contributed by atoms with Crippen molar-refractivity contribution in [3.8, 4) is 0 Å². The molecular formula is C20H21ClF3N3O3. The van der Waals surface area contributed by atoms with Crippen molar-refractivity contribution in [3.63, 3.8) is 0 Å². The number of ketones is 1. The zero-order valence-corrected chi connectivity index (χ0v) is 17.7. The average molecular weight is 444 g/mol. The standard InChI is InChI=1S/C20H21ClF3N3O3/c1-9-6-13(21)8-14(7-9)26-18(29)15-10(2)16(27(5)11(15)3)17(28)19(30)25-12(4)20(22,23)24/h6-8,12H,1-5H3,(H,25,30)(H,26,29)/t12-/m1/s1. The number of hydrogen-bond donors (Lipinski definition) is 2. The van der Waals surface area contributed by atoms with Gasteiger partial charge in [-0.2, -0.15) is 13.2 Å². The van der Waals surface area contributed by atoms with Gasteiger partial charge >= 0.3 is 6.18 Å². The fourth-order valence-corrected chi connectivity index (χ4v) is 3.38. The predicted octanol–water partition coefficient (Wildman–Crippen LogP) is 4.11. The first-order valence-electron chi connectivity index (χ1n) is 8.90. The molecule has 1 aromatic heterocycles. The molecule has 10 heteroatoms. The number of hydrogen-bond acceptors (Lipinski definition) is 3. The summed E-state index contributed by atoms with van der Waals surface area (Å²) in [6.07, 6.45) is -4.69. The van der Waals surface area contributed by atoms with Crippen LogP contribution >= 0.6 is 11.6 Å². The third kappa shape index (κ3) is 4.84. The zero-order chi connectivity index (χ0) is 23.0. The van der Waals surface area contributed by atoms with Crippen LogP contribution in [0.15, 0.2) is 18.2 Å². The first-order valence-corrected chi connectivity index (χ1v) is 9.28. The van der Waals surface area contributed by atoms with Crippen LogP contribution in [0.4, 0.5) is 18.9 Å². The van der Waals surface area contributed by atoms with Crippen molar-refractivity contribution < 1.29 is 27.6 Å². The Kier molecular flexibility index (Phi) is 6.66. The number of anilines is 1. The maximum Gasteiger partial charge on any atom is 0.408 e. The number of aryl methyl sites for hydroxylation is 1. The lowest BCUT2D eigenvalue weighted by Crippen LogP contribution is -2.46.